The minimum atomic E-state index is -0.889. The van der Waals surface area contributed by atoms with E-state index in [0.29, 0.717) is 44.8 Å². The van der Waals surface area contributed by atoms with E-state index in [2.05, 4.69) is 30.6 Å². The second-order valence-corrected chi connectivity index (χ2v) is 19.5. The number of rotatable bonds is 20. The van der Waals surface area contributed by atoms with E-state index in [1.165, 1.54) is 30.2 Å². The van der Waals surface area contributed by atoms with Crippen LogP contribution in [-0.4, -0.2) is 125 Å². The monoisotopic (exact) mass is 967 g/mol. The predicted octanol–water partition coefficient (Wildman–Crippen LogP) is 5.82. The number of nitrogens with one attached hydrogen (secondary N) is 3. The fraction of sp³-hybridized carbons (Fsp3) is 0.471. The van der Waals surface area contributed by atoms with Crippen molar-refractivity contribution in [2.45, 2.75) is 104 Å². The minimum absolute atomic E-state index is 0.00714. The third kappa shape index (κ3) is 14.5. The molecule has 0 spiro atoms. The number of aromatic nitrogens is 1. The average molecular weight is 968 g/mol. The number of piperazine rings is 1. The van der Waals surface area contributed by atoms with Crippen LogP contribution in [0.5, 0.6) is 11.5 Å². The second kappa shape index (κ2) is 24.2. The van der Waals surface area contributed by atoms with Crippen molar-refractivity contribution in [3.05, 3.63) is 89.1 Å². The molecule has 5 amide bonds. The van der Waals surface area contributed by atoms with Crippen LogP contribution in [0.25, 0.3) is 10.4 Å². The molecule has 2 aliphatic heterocycles. The van der Waals surface area contributed by atoms with E-state index >= 15 is 0 Å². The number of carbonyl (C=O) groups excluding carboxylic acids is 6. The highest BCUT2D eigenvalue weighted by Crippen LogP contribution is 2.30. The lowest BCUT2D eigenvalue weighted by Crippen LogP contribution is -2.57. The number of aliphatic hydroxyl groups excluding tert-OH is 1. The Labute approximate surface area is 407 Å². The number of ether oxygens (including phenoxy) is 2. The van der Waals surface area contributed by atoms with E-state index in [1.54, 1.807) is 23.5 Å². The Kier molecular flexibility index (Phi) is 18.2. The standard InChI is InChI=1S/C51H65N7O10S/c1-33-46(69-32-53-33)35-15-13-34(14-16-35)29-52-48(64)41-28-38(59)30-58(41)49(65)47(51(2,3)4)55-43(61)11-9-7-6-8-10-12-45(63)57-25-23-56(24-26-57)37-18-20-39(21-19-37)68-31-44(62)54-40-27-36(50(66)67-5)17-22-42(40)60/h13-22,27,32,38,41,47,59-60H,6-12,23-26,28-31H2,1-5H3,(H,52,64)(H,54,62)(H,55,61)/t38-,41+,47-/m1/s1. The van der Waals surface area contributed by atoms with Crippen LogP contribution in [0.4, 0.5) is 11.4 Å². The highest BCUT2D eigenvalue weighted by atomic mass is 32.1. The summed E-state index contributed by atoms with van der Waals surface area (Å²) in [5.74, 6) is -1.70. The Balaban J connectivity index is 0.846. The molecule has 0 aliphatic carbocycles. The third-order valence-corrected chi connectivity index (χ3v) is 13.4. The first-order valence-corrected chi connectivity index (χ1v) is 24.4. The number of phenolic OH excluding ortho intramolecular Hbond substituents is 1. The van der Waals surface area contributed by atoms with Crippen molar-refractivity contribution in [1.82, 2.24) is 25.4 Å². The van der Waals surface area contributed by atoms with Crippen molar-refractivity contribution >= 4 is 58.2 Å². The molecule has 3 heterocycles. The number of likely N-dealkylation sites (tertiary alicyclic amines) is 1. The van der Waals surface area contributed by atoms with Gasteiger partial charge in [-0.05, 0) is 78.8 Å². The molecule has 18 heteroatoms. The smallest absolute Gasteiger partial charge is 0.337 e. The number of benzene rings is 3. The second-order valence-electron chi connectivity index (χ2n) is 18.6. The zero-order chi connectivity index (χ0) is 49.7. The number of hydrogen-bond acceptors (Lipinski definition) is 13. The first-order chi connectivity index (χ1) is 33.0. The van der Waals surface area contributed by atoms with Gasteiger partial charge in [-0.25, -0.2) is 9.78 Å². The largest absolute Gasteiger partial charge is 0.506 e. The van der Waals surface area contributed by atoms with Gasteiger partial charge in [-0.2, -0.15) is 0 Å². The first kappa shape index (κ1) is 51.9. The van der Waals surface area contributed by atoms with Gasteiger partial charge in [-0.15, -0.1) is 11.3 Å². The summed E-state index contributed by atoms with van der Waals surface area (Å²) >= 11 is 1.57. The zero-order valence-corrected chi connectivity index (χ0v) is 40.9. The Morgan fingerprint density at radius 1 is 0.870 bits per heavy atom. The van der Waals surface area contributed by atoms with Crippen LogP contribution in [0.2, 0.25) is 0 Å². The number of aliphatic hydroxyl groups is 1. The number of aryl methyl sites for hydroxylation is 1. The quantitative estimate of drug-likeness (QED) is 0.0402. The number of amides is 5. The first-order valence-electron chi connectivity index (χ1n) is 23.5. The van der Waals surface area contributed by atoms with Crippen molar-refractivity contribution in [3.8, 4) is 21.9 Å². The number of β-amino-alcohol motifs (C(OH)–C–C–N with tert-alkyl or cyclic N) is 1. The number of phenols is 1. The summed E-state index contributed by atoms with van der Waals surface area (Å²) in [5.41, 5.74) is 5.29. The number of hydrogen-bond donors (Lipinski definition) is 5. The van der Waals surface area contributed by atoms with Crippen molar-refractivity contribution in [2.24, 2.45) is 5.41 Å². The van der Waals surface area contributed by atoms with Gasteiger partial charge >= 0.3 is 5.97 Å². The maximum atomic E-state index is 14.0. The fourth-order valence-electron chi connectivity index (χ4n) is 8.45. The molecule has 5 N–H and O–H groups in total. The van der Waals surface area contributed by atoms with E-state index in [4.69, 9.17) is 4.74 Å². The summed E-state index contributed by atoms with van der Waals surface area (Å²) in [6.45, 7) is 10.1. The van der Waals surface area contributed by atoms with Gasteiger partial charge in [0.1, 0.15) is 23.6 Å². The molecule has 2 saturated heterocycles. The highest BCUT2D eigenvalue weighted by Gasteiger charge is 2.44. The van der Waals surface area contributed by atoms with E-state index in [-0.39, 0.29) is 67.3 Å². The minimum Gasteiger partial charge on any atom is -0.506 e. The van der Waals surface area contributed by atoms with Crippen LogP contribution < -0.4 is 25.6 Å². The lowest BCUT2D eigenvalue weighted by molar-refractivity contribution is -0.144. The molecule has 370 valence electrons. The SMILES string of the molecule is COC(=O)c1ccc(O)c(NC(=O)COc2ccc(N3CCN(C(=O)CCCCCCCC(=O)N[C@H](C(=O)N4C[C@H](O)C[C@H]4C(=O)NCc4ccc(-c5scnc5C)cc4)C(C)(C)C)CC3)cc2)c1. The summed E-state index contributed by atoms with van der Waals surface area (Å²) in [7, 11) is 1.24. The van der Waals surface area contributed by atoms with Crippen molar-refractivity contribution in [3.63, 3.8) is 0 Å². The van der Waals surface area contributed by atoms with Gasteiger partial charge in [-0.3, -0.25) is 24.0 Å². The normalized spacial score (nSPS) is 16.4. The number of anilines is 2. The third-order valence-electron chi connectivity index (χ3n) is 12.4. The zero-order valence-electron chi connectivity index (χ0n) is 40.1. The molecule has 3 aromatic carbocycles. The van der Waals surface area contributed by atoms with Gasteiger partial charge < -0.3 is 50.3 Å². The summed E-state index contributed by atoms with van der Waals surface area (Å²) in [4.78, 5) is 88.9. The van der Waals surface area contributed by atoms with Gasteiger partial charge in [0, 0.05) is 64.2 Å². The van der Waals surface area contributed by atoms with Gasteiger partial charge in [0.2, 0.25) is 23.6 Å². The molecule has 3 atom stereocenters. The topological polar surface area (TPSA) is 220 Å². The Morgan fingerprint density at radius 3 is 2.20 bits per heavy atom. The number of methoxy groups -OCH3 is 1. The van der Waals surface area contributed by atoms with Crippen molar-refractivity contribution < 1.29 is 48.5 Å². The summed E-state index contributed by atoms with van der Waals surface area (Å²) in [6, 6.07) is 17.5. The van der Waals surface area contributed by atoms with Gasteiger partial charge in [-0.1, -0.05) is 64.3 Å². The van der Waals surface area contributed by atoms with Crippen LogP contribution >= 0.6 is 11.3 Å². The molecule has 4 aromatic rings. The van der Waals surface area contributed by atoms with Gasteiger partial charge in [0.05, 0.1) is 40.5 Å². The summed E-state index contributed by atoms with van der Waals surface area (Å²) in [6.07, 6.45) is 3.87. The average Bonchev–Trinajstić information content (AvgIpc) is 3.96. The molecule has 0 saturated carbocycles. The fourth-order valence-corrected chi connectivity index (χ4v) is 9.26. The molecule has 0 bridgehead atoms. The van der Waals surface area contributed by atoms with Crippen LogP contribution in [-0.2, 0) is 35.3 Å². The summed E-state index contributed by atoms with van der Waals surface area (Å²) in [5, 5.41) is 29.1. The van der Waals surface area contributed by atoms with Gasteiger partial charge in [0.25, 0.3) is 5.91 Å². The van der Waals surface area contributed by atoms with Crippen LogP contribution in [0.3, 0.4) is 0 Å². The highest BCUT2D eigenvalue weighted by molar-refractivity contribution is 7.13. The number of unbranched alkanes of at least 4 members (excludes halogenated alkanes) is 4. The maximum Gasteiger partial charge on any atom is 0.337 e. The summed E-state index contributed by atoms with van der Waals surface area (Å²) < 4.78 is 10.3. The molecule has 2 aliphatic rings. The van der Waals surface area contributed by atoms with Crippen LogP contribution in [0.15, 0.2) is 72.2 Å². The number of esters is 1. The number of aromatic hydroxyl groups is 1. The molecule has 17 nitrogen and oxygen atoms in total. The van der Waals surface area contributed by atoms with E-state index in [0.717, 1.165) is 53.1 Å². The lowest BCUT2D eigenvalue weighted by Gasteiger charge is -2.36. The maximum absolute atomic E-state index is 14.0. The Hall–Kier alpha value is -6.53. The van der Waals surface area contributed by atoms with Crippen LogP contribution in [0.1, 0.15) is 93.8 Å². The lowest BCUT2D eigenvalue weighted by atomic mass is 9.85. The molecule has 2 fully saturated rings. The predicted molar refractivity (Wildman–Crippen MR) is 263 cm³/mol. The molecule has 6 rings (SSSR count). The molecular weight excluding hydrogens is 903 g/mol. The number of thiazole rings is 1. The Morgan fingerprint density at radius 2 is 1.55 bits per heavy atom. The molecule has 0 radical (unpaired) electrons. The molecular formula is C51H65N7O10S. The molecule has 69 heavy (non-hydrogen) atoms. The molecule has 0 unspecified atom stereocenters. The van der Waals surface area contributed by atoms with Gasteiger partial charge in [0.15, 0.2) is 6.61 Å². The van der Waals surface area contributed by atoms with Crippen molar-refractivity contribution in [2.75, 3.05) is 56.7 Å². The van der Waals surface area contributed by atoms with E-state index in [1.807, 2.05) is 74.5 Å². The Bertz CT molecular complexity index is 2410. The molecule has 1 aromatic heterocycles. The van der Waals surface area contributed by atoms with Crippen molar-refractivity contribution in [1.29, 1.82) is 0 Å². The number of nitrogens with zero attached hydrogens (tertiary/aromatic N) is 4. The van der Waals surface area contributed by atoms with E-state index in [9.17, 15) is 39.0 Å². The van der Waals surface area contributed by atoms with E-state index < -0.39 is 41.4 Å². The van der Waals surface area contributed by atoms with Crippen LogP contribution in [0, 0.1) is 12.3 Å². The number of carbonyl (C=O) groups is 6.